The van der Waals surface area contributed by atoms with Gasteiger partial charge in [-0.15, -0.1) is 0 Å². The quantitative estimate of drug-likeness (QED) is 0.519. The van der Waals surface area contributed by atoms with E-state index in [-0.39, 0.29) is 10.7 Å². The Morgan fingerprint density at radius 1 is 1.03 bits per heavy atom. The lowest BCUT2D eigenvalue weighted by atomic mass is 10.2. The third kappa shape index (κ3) is 5.50. The van der Waals surface area contributed by atoms with E-state index in [2.05, 4.69) is 14.9 Å². The summed E-state index contributed by atoms with van der Waals surface area (Å²) in [6.45, 7) is 4.42. The van der Waals surface area contributed by atoms with Crippen LogP contribution in [0.3, 0.4) is 0 Å². The summed E-state index contributed by atoms with van der Waals surface area (Å²) in [5, 5.41) is 3.56. The van der Waals surface area contributed by atoms with E-state index in [4.69, 9.17) is 9.15 Å². The molecule has 0 unspecified atom stereocenters. The average Bonchev–Trinajstić information content (AvgIpc) is 3.22. The smallest absolute Gasteiger partial charge is 0.291 e. The molecule has 0 radical (unpaired) electrons. The summed E-state index contributed by atoms with van der Waals surface area (Å²) in [5.74, 6) is -0.201. The summed E-state index contributed by atoms with van der Waals surface area (Å²) in [6.07, 6.45) is 0.727. The molecule has 0 aliphatic carbocycles. The fourth-order valence-corrected chi connectivity index (χ4v) is 4.50. The maximum atomic E-state index is 12.5. The first kappa shape index (κ1) is 21.5. The van der Waals surface area contributed by atoms with Gasteiger partial charge in [0.15, 0.2) is 5.76 Å². The van der Waals surface area contributed by atoms with E-state index in [1.807, 2.05) is 18.2 Å². The van der Waals surface area contributed by atoms with Crippen LogP contribution in [0, 0.1) is 0 Å². The van der Waals surface area contributed by atoms with Crippen LogP contribution in [0.4, 0.5) is 5.69 Å². The second-order valence-corrected chi connectivity index (χ2v) is 9.10. The van der Waals surface area contributed by atoms with Crippen molar-refractivity contribution in [2.75, 3.05) is 44.7 Å². The van der Waals surface area contributed by atoms with Crippen LogP contribution in [0.1, 0.15) is 17.0 Å². The van der Waals surface area contributed by atoms with E-state index in [0.717, 1.165) is 44.7 Å². The average molecular weight is 444 g/mol. The molecule has 2 aromatic carbocycles. The van der Waals surface area contributed by atoms with Crippen molar-refractivity contribution in [1.29, 1.82) is 0 Å². The van der Waals surface area contributed by atoms with Crippen LogP contribution in [0.2, 0.25) is 0 Å². The molecule has 1 fully saturated rings. The summed E-state index contributed by atoms with van der Waals surface area (Å²) < 4.78 is 38.5. The Kier molecular flexibility index (Phi) is 6.67. The molecule has 1 aliphatic rings. The van der Waals surface area contributed by atoms with E-state index < -0.39 is 15.9 Å². The topological polar surface area (TPSA) is 101 Å². The molecular formula is C22H25N3O5S. The molecule has 4 rings (SSSR count). The number of hydrogen-bond acceptors (Lipinski definition) is 6. The maximum absolute atomic E-state index is 12.5. The zero-order valence-electron chi connectivity index (χ0n) is 17.0. The molecule has 164 valence electrons. The summed E-state index contributed by atoms with van der Waals surface area (Å²) in [5.41, 5.74) is 1.12. The van der Waals surface area contributed by atoms with Crippen LogP contribution in [0.15, 0.2) is 63.9 Å². The third-order valence-electron chi connectivity index (χ3n) is 5.12. The highest BCUT2D eigenvalue weighted by atomic mass is 32.2. The SMILES string of the molecule is O=C(Nc1ccc(S(=O)(=O)NCCCN2CCOCC2)cc1)c1cc2ccccc2o1. The Morgan fingerprint density at radius 2 is 1.77 bits per heavy atom. The Morgan fingerprint density at radius 3 is 2.52 bits per heavy atom. The lowest BCUT2D eigenvalue weighted by Gasteiger charge is -2.26. The van der Waals surface area contributed by atoms with E-state index in [1.165, 1.54) is 12.1 Å². The number of benzene rings is 2. The van der Waals surface area contributed by atoms with Gasteiger partial charge in [-0.1, -0.05) is 18.2 Å². The van der Waals surface area contributed by atoms with Gasteiger partial charge in [-0.25, -0.2) is 13.1 Å². The highest BCUT2D eigenvalue weighted by molar-refractivity contribution is 7.89. The molecule has 8 nitrogen and oxygen atoms in total. The predicted molar refractivity (Wildman–Crippen MR) is 118 cm³/mol. The zero-order valence-corrected chi connectivity index (χ0v) is 17.9. The highest BCUT2D eigenvalue weighted by Gasteiger charge is 2.16. The van der Waals surface area contributed by atoms with Gasteiger partial charge >= 0.3 is 0 Å². The number of nitrogens with one attached hydrogen (secondary N) is 2. The van der Waals surface area contributed by atoms with Crippen molar-refractivity contribution in [3.05, 3.63) is 60.4 Å². The molecule has 2 heterocycles. The number of sulfonamides is 1. The van der Waals surface area contributed by atoms with Crippen molar-refractivity contribution in [2.24, 2.45) is 0 Å². The zero-order chi connectivity index (χ0) is 21.7. The van der Waals surface area contributed by atoms with Gasteiger partial charge < -0.3 is 14.5 Å². The molecule has 3 aromatic rings. The summed E-state index contributed by atoms with van der Waals surface area (Å²) in [4.78, 5) is 14.8. The van der Waals surface area contributed by atoms with Crippen LogP contribution in [0.25, 0.3) is 11.0 Å². The Hall–Kier alpha value is -2.72. The third-order valence-corrected chi connectivity index (χ3v) is 6.60. The Labute approximate surface area is 181 Å². The van der Waals surface area contributed by atoms with Gasteiger partial charge in [0, 0.05) is 30.7 Å². The number of ether oxygens (including phenoxy) is 1. The van der Waals surface area contributed by atoms with Crippen molar-refractivity contribution in [3.63, 3.8) is 0 Å². The molecule has 2 N–H and O–H groups in total. The number of rotatable bonds is 8. The van der Waals surface area contributed by atoms with Crippen molar-refractivity contribution < 1.29 is 22.4 Å². The van der Waals surface area contributed by atoms with E-state index >= 15 is 0 Å². The molecule has 1 amide bonds. The normalized spacial score (nSPS) is 15.2. The number of para-hydroxylation sites is 1. The van der Waals surface area contributed by atoms with Gasteiger partial charge in [0.1, 0.15) is 5.58 Å². The van der Waals surface area contributed by atoms with Crippen molar-refractivity contribution in [3.8, 4) is 0 Å². The van der Waals surface area contributed by atoms with Crippen LogP contribution >= 0.6 is 0 Å². The Balaban J connectivity index is 1.30. The first-order chi connectivity index (χ1) is 15.0. The number of hydrogen-bond donors (Lipinski definition) is 2. The molecule has 1 saturated heterocycles. The second kappa shape index (κ2) is 9.61. The fourth-order valence-electron chi connectivity index (χ4n) is 3.42. The number of nitrogens with zero attached hydrogens (tertiary/aromatic N) is 1. The summed E-state index contributed by atoms with van der Waals surface area (Å²) >= 11 is 0. The number of fused-ring (bicyclic) bond motifs is 1. The van der Waals surface area contributed by atoms with Gasteiger partial charge in [-0.2, -0.15) is 0 Å². The number of morpholine rings is 1. The molecule has 0 atom stereocenters. The molecule has 9 heteroatoms. The van der Waals surface area contributed by atoms with Crippen LogP contribution in [-0.4, -0.2) is 58.6 Å². The molecule has 1 aliphatic heterocycles. The minimum absolute atomic E-state index is 0.153. The lowest BCUT2D eigenvalue weighted by Crippen LogP contribution is -2.38. The maximum Gasteiger partial charge on any atom is 0.291 e. The predicted octanol–water partition coefficient (Wildman–Crippen LogP) is 2.69. The first-order valence-corrected chi connectivity index (χ1v) is 11.7. The fraction of sp³-hybridized carbons (Fsp3) is 0.318. The monoisotopic (exact) mass is 443 g/mol. The van der Waals surface area contributed by atoms with Gasteiger partial charge in [0.2, 0.25) is 10.0 Å². The first-order valence-electron chi connectivity index (χ1n) is 10.2. The standard InChI is InChI=1S/C22H25N3O5S/c26-22(21-16-17-4-1-2-5-20(17)30-21)24-18-6-8-19(9-7-18)31(27,28)23-10-3-11-25-12-14-29-15-13-25/h1-2,4-9,16,23H,3,10-15H2,(H,24,26). The van der Waals surface area contributed by atoms with Gasteiger partial charge in [0.05, 0.1) is 18.1 Å². The summed E-state index contributed by atoms with van der Waals surface area (Å²) in [6, 6.07) is 15.1. The summed E-state index contributed by atoms with van der Waals surface area (Å²) in [7, 11) is -3.60. The number of amides is 1. The minimum atomic E-state index is -3.60. The Bertz CT molecular complexity index is 1100. The lowest BCUT2D eigenvalue weighted by molar-refractivity contribution is 0.0376. The van der Waals surface area contributed by atoms with Crippen LogP contribution in [0.5, 0.6) is 0 Å². The van der Waals surface area contributed by atoms with E-state index in [1.54, 1.807) is 24.3 Å². The van der Waals surface area contributed by atoms with E-state index in [0.29, 0.717) is 17.8 Å². The molecule has 31 heavy (non-hydrogen) atoms. The van der Waals surface area contributed by atoms with Gasteiger partial charge in [-0.05, 0) is 49.4 Å². The number of carbonyl (C=O) groups excluding carboxylic acids is 1. The van der Waals surface area contributed by atoms with Crippen molar-refractivity contribution in [1.82, 2.24) is 9.62 Å². The molecule has 0 bridgehead atoms. The molecule has 1 aromatic heterocycles. The van der Waals surface area contributed by atoms with Crippen molar-refractivity contribution >= 4 is 32.6 Å². The van der Waals surface area contributed by atoms with E-state index in [9.17, 15) is 13.2 Å². The molecular weight excluding hydrogens is 418 g/mol. The minimum Gasteiger partial charge on any atom is -0.451 e. The number of carbonyl (C=O) groups is 1. The van der Waals surface area contributed by atoms with Gasteiger partial charge in [-0.3, -0.25) is 9.69 Å². The highest BCUT2D eigenvalue weighted by Crippen LogP contribution is 2.20. The van der Waals surface area contributed by atoms with Crippen LogP contribution in [-0.2, 0) is 14.8 Å². The van der Waals surface area contributed by atoms with Gasteiger partial charge in [0.25, 0.3) is 5.91 Å². The second-order valence-electron chi connectivity index (χ2n) is 7.33. The molecule has 0 saturated carbocycles. The molecule has 0 spiro atoms. The van der Waals surface area contributed by atoms with Crippen LogP contribution < -0.4 is 10.0 Å². The van der Waals surface area contributed by atoms with Crippen molar-refractivity contribution in [2.45, 2.75) is 11.3 Å². The number of anilines is 1. The largest absolute Gasteiger partial charge is 0.451 e. The number of furan rings is 1.